The fraction of sp³-hybridized carbons (Fsp3) is 0.125. The lowest BCUT2D eigenvalue weighted by Gasteiger charge is -2.12. The molecule has 2 N–H and O–H groups in total. The van der Waals surface area contributed by atoms with E-state index in [9.17, 15) is 9.59 Å². The molecule has 1 amide bonds. The molecule has 4 nitrogen and oxygen atoms in total. The first kappa shape index (κ1) is 13.8. The Bertz CT molecular complexity index is 664. The van der Waals surface area contributed by atoms with E-state index < -0.39 is 17.9 Å². The van der Waals surface area contributed by atoms with Crippen molar-refractivity contribution < 1.29 is 14.7 Å². The highest BCUT2D eigenvalue weighted by Crippen LogP contribution is 2.15. The van der Waals surface area contributed by atoms with Crippen LogP contribution in [0.15, 0.2) is 55.1 Å². The summed E-state index contributed by atoms with van der Waals surface area (Å²) in [6.45, 7) is 3.49. The second kappa shape index (κ2) is 6.02. The van der Waals surface area contributed by atoms with Crippen LogP contribution in [-0.4, -0.2) is 23.0 Å². The molecule has 2 aromatic rings. The predicted molar refractivity (Wildman–Crippen MR) is 77.7 cm³/mol. The molecule has 0 saturated heterocycles. The second-order valence-corrected chi connectivity index (χ2v) is 4.45. The summed E-state index contributed by atoms with van der Waals surface area (Å²) in [6, 6.07) is 12.0. The summed E-state index contributed by atoms with van der Waals surface area (Å²) in [5, 5.41) is 13.5. The third-order valence-corrected chi connectivity index (χ3v) is 3.02. The van der Waals surface area contributed by atoms with E-state index in [1.165, 1.54) is 6.08 Å². The SMILES string of the molecule is C=CCC(NC(=O)c1ccc2ccccc2c1)C(=O)O. The number of carboxylic acids is 1. The number of carbonyl (C=O) groups is 2. The summed E-state index contributed by atoms with van der Waals surface area (Å²) in [4.78, 5) is 23.1. The number of hydrogen-bond acceptors (Lipinski definition) is 2. The molecule has 4 heteroatoms. The average molecular weight is 269 g/mol. The number of benzene rings is 2. The fourth-order valence-corrected chi connectivity index (χ4v) is 1.96. The minimum atomic E-state index is -1.07. The molecule has 0 saturated carbocycles. The summed E-state index contributed by atoms with van der Waals surface area (Å²) >= 11 is 0. The summed E-state index contributed by atoms with van der Waals surface area (Å²) < 4.78 is 0. The van der Waals surface area contributed by atoms with E-state index in [1.54, 1.807) is 12.1 Å². The third kappa shape index (κ3) is 3.03. The molecule has 0 aliphatic carbocycles. The Morgan fingerprint density at radius 1 is 1.20 bits per heavy atom. The molecule has 0 aromatic heterocycles. The molecule has 1 unspecified atom stereocenters. The Balaban J connectivity index is 2.22. The van der Waals surface area contributed by atoms with Crippen LogP contribution >= 0.6 is 0 Å². The molecular weight excluding hydrogens is 254 g/mol. The summed E-state index contributed by atoms with van der Waals surface area (Å²) in [5.41, 5.74) is 0.444. The molecule has 20 heavy (non-hydrogen) atoms. The summed E-state index contributed by atoms with van der Waals surface area (Å²) in [6.07, 6.45) is 1.66. The Morgan fingerprint density at radius 3 is 2.55 bits per heavy atom. The Hall–Kier alpha value is -2.62. The second-order valence-electron chi connectivity index (χ2n) is 4.45. The van der Waals surface area contributed by atoms with Gasteiger partial charge in [0.05, 0.1) is 0 Å². The maximum Gasteiger partial charge on any atom is 0.326 e. The molecule has 0 bridgehead atoms. The largest absolute Gasteiger partial charge is 0.480 e. The molecule has 0 aliphatic rings. The van der Waals surface area contributed by atoms with E-state index in [-0.39, 0.29) is 6.42 Å². The van der Waals surface area contributed by atoms with Gasteiger partial charge in [-0.1, -0.05) is 36.4 Å². The average Bonchev–Trinajstić information content (AvgIpc) is 2.46. The van der Waals surface area contributed by atoms with E-state index in [4.69, 9.17) is 5.11 Å². The minimum Gasteiger partial charge on any atom is -0.480 e. The lowest BCUT2D eigenvalue weighted by atomic mass is 10.1. The van der Waals surface area contributed by atoms with Crippen LogP contribution in [0, 0.1) is 0 Å². The van der Waals surface area contributed by atoms with Crippen LogP contribution in [0.2, 0.25) is 0 Å². The quantitative estimate of drug-likeness (QED) is 0.820. The fourth-order valence-electron chi connectivity index (χ4n) is 1.96. The van der Waals surface area contributed by atoms with Gasteiger partial charge in [0.1, 0.15) is 6.04 Å². The molecular formula is C16H15NO3. The van der Waals surface area contributed by atoms with Crippen LogP contribution in [0.25, 0.3) is 10.8 Å². The summed E-state index contributed by atoms with van der Waals surface area (Å²) in [5.74, 6) is -1.47. The van der Waals surface area contributed by atoms with Crippen molar-refractivity contribution in [3.63, 3.8) is 0 Å². The molecule has 1 atom stereocenters. The van der Waals surface area contributed by atoms with Crippen molar-refractivity contribution in [1.29, 1.82) is 0 Å². The highest BCUT2D eigenvalue weighted by molar-refractivity contribution is 6.00. The number of rotatable bonds is 5. The zero-order chi connectivity index (χ0) is 14.5. The van der Waals surface area contributed by atoms with Crippen molar-refractivity contribution >= 4 is 22.6 Å². The Morgan fingerprint density at radius 2 is 1.90 bits per heavy atom. The standard InChI is InChI=1S/C16H15NO3/c1-2-5-14(16(19)20)17-15(18)13-9-8-11-6-3-4-7-12(11)10-13/h2-4,6-10,14H,1,5H2,(H,17,18)(H,19,20). The first-order valence-electron chi connectivity index (χ1n) is 6.25. The molecule has 102 valence electrons. The zero-order valence-electron chi connectivity index (χ0n) is 10.9. The smallest absolute Gasteiger partial charge is 0.326 e. The van der Waals surface area contributed by atoms with E-state index in [0.29, 0.717) is 5.56 Å². The lowest BCUT2D eigenvalue weighted by Crippen LogP contribution is -2.40. The first-order valence-corrected chi connectivity index (χ1v) is 6.25. The molecule has 0 aliphatic heterocycles. The number of hydrogen-bond donors (Lipinski definition) is 2. The molecule has 0 spiro atoms. The van der Waals surface area contributed by atoms with E-state index in [2.05, 4.69) is 11.9 Å². The minimum absolute atomic E-state index is 0.189. The van der Waals surface area contributed by atoms with Gasteiger partial charge in [0.2, 0.25) is 0 Å². The van der Waals surface area contributed by atoms with Gasteiger partial charge in [-0.2, -0.15) is 0 Å². The topological polar surface area (TPSA) is 66.4 Å². The van der Waals surface area contributed by atoms with Gasteiger partial charge in [-0.05, 0) is 29.3 Å². The number of fused-ring (bicyclic) bond motifs is 1. The number of nitrogens with one attached hydrogen (secondary N) is 1. The molecule has 0 heterocycles. The van der Waals surface area contributed by atoms with Crippen LogP contribution in [0.1, 0.15) is 16.8 Å². The van der Waals surface area contributed by atoms with Gasteiger partial charge in [-0.25, -0.2) is 4.79 Å². The molecule has 2 aromatic carbocycles. The number of aliphatic carboxylic acids is 1. The van der Waals surface area contributed by atoms with Crippen molar-refractivity contribution in [1.82, 2.24) is 5.32 Å². The van der Waals surface area contributed by atoms with Crippen LogP contribution in [0.3, 0.4) is 0 Å². The first-order chi connectivity index (χ1) is 9.61. The van der Waals surface area contributed by atoms with E-state index in [1.807, 2.05) is 30.3 Å². The van der Waals surface area contributed by atoms with Crippen molar-refractivity contribution in [2.45, 2.75) is 12.5 Å². The highest BCUT2D eigenvalue weighted by Gasteiger charge is 2.19. The third-order valence-electron chi connectivity index (χ3n) is 3.02. The van der Waals surface area contributed by atoms with Gasteiger partial charge < -0.3 is 10.4 Å². The highest BCUT2D eigenvalue weighted by atomic mass is 16.4. The normalized spacial score (nSPS) is 11.8. The van der Waals surface area contributed by atoms with Gasteiger partial charge in [-0.3, -0.25) is 4.79 Å². The number of carbonyl (C=O) groups excluding carboxylic acids is 1. The molecule has 0 radical (unpaired) electrons. The zero-order valence-corrected chi connectivity index (χ0v) is 10.9. The van der Waals surface area contributed by atoms with Gasteiger partial charge in [0, 0.05) is 5.56 Å². The monoisotopic (exact) mass is 269 g/mol. The van der Waals surface area contributed by atoms with Crippen LogP contribution in [0.4, 0.5) is 0 Å². The van der Waals surface area contributed by atoms with E-state index >= 15 is 0 Å². The van der Waals surface area contributed by atoms with Crippen LogP contribution in [0.5, 0.6) is 0 Å². The molecule has 2 rings (SSSR count). The molecule has 0 fully saturated rings. The predicted octanol–water partition coefficient (Wildman–Crippen LogP) is 2.60. The Kier molecular flexibility index (Phi) is 4.15. The van der Waals surface area contributed by atoms with Gasteiger partial charge in [0.15, 0.2) is 0 Å². The van der Waals surface area contributed by atoms with Crippen molar-refractivity contribution in [2.24, 2.45) is 0 Å². The summed E-state index contributed by atoms with van der Waals surface area (Å²) in [7, 11) is 0. The number of amides is 1. The number of carboxylic acid groups (broad SMARTS) is 1. The van der Waals surface area contributed by atoms with Crippen molar-refractivity contribution in [3.8, 4) is 0 Å². The van der Waals surface area contributed by atoms with Gasteiger partial charge in [-0.15, -0.1) is 6.58 Å². The lowest BCUT2D eigenvalue weighted by molar-refractivity contribution is -0.139. The van der Waals surface area contributed by atoms with Gasteiger partial charge >= 0.3 is 5.97 Å². The van der Waals surface area contributed by atoms with Crippen LogP contribution < -0.4 is 5.32 Å². The van der Waals surface area contributed by atoms with Gasteiger partial charge in [0.25, 0.3) is 5.91 Å². The van der Waals surface area contributed by atoms with E-state index in [0.717, 1.165) is 10.8 Å². The maximum atomic E-state index is 12.1. The van der Waals surface area contributed by atoms with Crippen molar-refractivity contribution in [2.75, 3.05) is 0 Å². The Labute approximate surface area is 116 Å². The maximum absolute atomic E-state index is 12.1. The van der Waals surface area contributed by atoms with Crippen LogP contribution in [-0.2, 0) is 4.79 Å². The van der Waals surface area contributed by atoms with Crippen molar-refractivity contribution in [3.05, 3.63) is 60.7 Å².